The first-order valence-electron chi connectivity index (χ1n) is 13.4. The molecule has 0 aliphatic carbocycles. The molecule has 0 spiro atoms. The molecule has 5 aromatic rings. The largest absolute Gasteiger partial charge is 0.495 e. The smallest absolute Gasteiger partial charge is 0.399 e. The van der Waals surface area contributed by atoms with E-state index in [4.69, 9.17) is 19.3 Å². The van der Waals surface area contributed by atoms with Crippen LogP contribution >= 0.6 is 0 Å². The summed E-state index contributed by atoms with van der Waals surface area (Å²) < 4.78 is 13.0. The lowest BCUT2D eigenvalue weighted by Crippen LogP contribution is -2.41. The van der Waals surface area contributed by atoms with Crippen molar-refractivity contribution in [3.05, 3.63) is 115 Å². The van der Waals surface area contributed by atoms with Crippen LogP contribution in [-0.2, 0) is 9.31 Å². The Morgan fingerprint density at radius 2 is 1.03 bits per heavy atom. The third kappa shape index (κ3) is 4.92. The summed E-state index contributed by atoms with van der Waals surface area (Å²) in [7, 11) is -0.523. The molecule has 5 heteroatoms. The summed E-state index contributed by atoms with van der Waals surface area (Å²) in [6.45, 7) is 8.32. The van der Waals surface area contributed by atoms with Gasteiger partial charge in [-0.3, -0.25) is 0 Å². The maximum absolute atomic E-state index is 6.52. The maximum Gasteiger partial charge on any atom is 0.495 e. The first-order chi connectivity index (χ1) is 18.8. The van der Waals surface area contributed by atoms with Gasteiger partial charge < -0.3 is 9.31 Å². The number of aromatic nitrogens is 2. The number of benzene rings is 4. The van der Waals surface area contributed by atoms with Gasteiger partial charge in [0.25, 0.3) is 0 Å². The van der Waals surface area contributed by atoms with Crippen molar-refractivity contribution in [1.29, 1.82) is 0 Å². The van der Waals surface area contributed by atoms with Gasteiger partial charge in [0.05, 0.1) is 22.6 Å². The van der Waals surface area contributed by atoms with E-state index >= 15 is 0 Å². The SMILES string of the molecule is CC1(C)OB(c2ccc(-c3ccccc3)cc2-c2cc(-c3ccccc3)nc(-c3ccccc3)n2)OC1(C)C. The van der Waals surface area contributed by atoms with Crippen LogP contribution in [0.4, 0.5) is 0 Å². The second-order valence-electron chi connectivity index (χ2n) is 11.0. The molecule has 0 atom stereocenters. The molecule has 4 nitrogen and oxygen atoms in total. The third-order valence-electron chi connectivity index (χ3n) is 7.77. The van der Waals surface area contributed by atoms with Crippen molar-refractivity contribution in [2.75, 3.05) is 0 Å². The summed E-state index contributed by atoms with van der Waals surface area (Å²) in [4.78, 5) is 10.1. The van der Waals surface area contributed by atoms with Crippen LogP contribution in [0.3, 0.4) is 0 Å². The monoisotopic (exact) mass is 510 g/mol. The molecule has 0 unspecified atom stereocenters. The van der Waals surface area contributed by atoms with Crippen molar-refractivity contribution in [2.45, 2.75) is 38.9 Å². The van der Waals surface area contributed by atoms with Gasteiger partial charge in [0.15, 0.2) is 5.82 Å². The Morgan fingerprint density at radius 1 is 0.513 bits per heavy atom. The van der Waals surface area contributed by atoms with Crippen LogP contribution in [0, 0.1) is 0 Å². The van der Waals surface area contributed by atoms with Crippen molar-refractivity contribution >= 4 is 12.6 Å². The van der Waals surface area contributed by atoms with Crippen LogP contribution in [0.1, 0.15) is 27.7 Å². The van der Waals surface area contributed by atoms with Gasteiger partial charge in [-0.2, -0.15) is 0 Å². The molecule has 1 aliphatic rings. The molecular weight excluding hydrogens is 479 g/mol. The zero-order valence-electron chi connectivity index (χ0n) is 22.8. The quantitative estimate of drug-likeness (QED) is 0.231. The summed E-state index contributed by atoms with van der Waals surface area (Å²) >= 11 is 0. The van der Waals surface area contributed by atoms with Gasteiger partial charge >= 0.3 is 7.12 Å². The molecule has 6 rings (SSSR count). The minimum absolute atomic E-state index is 0.455. The van der Waals surface area contributed by atoms with Gasteiger partial charge in [-0.15, -0.1) is 0 Å². The first kappa shape index (κ1) is 25.2. The molecule has 1 fully saturated rings. The average Bonchev–Trinajstić information content (AvgIpc) is 3.20. The molecule has 2 heterocycles. The van der Waals surface area contributed by atoms with Crippen molar-refractivity contribution in [1.82, 2.24) is 9.97 Å². The molecule has 1 aliphatic heterocycles. The first-order valence-corrected chi connectivity index (χ1v) is 13.4. The predicted molar refractivity (Wildman–Crippen MR) is 159 cm³/mol. The van der Waals surface area contributed by atoms with E-state index in [1.54, 1.807) is 0 Å². The molecule has 0 N–H and O–H groups in total. The number of hydrogen-bond acceptors (Lipinski definition) is 4. The van der Waals surface area contributed by atoms with Crippen LogP contribution in [0.2, 0.25) is 0 Å². The highest BCUT2D eigenvalue weighted by Gasteiger charge is 2.52. The fourth-order valence-corrected chi connectivity index (χ4v) is 4.82. The Morgan fingerprint density at radius 3 is 1.62 bits per heavy atom. The van der Waals surface area contributed by atoms with Crippen molar-refractivity contribution < 1.29 is 9.31 Å². The maximum atomic E-state index is 6.52. The predicted octanol–water partition coefficient (Wildman–Crippen LogP) is 7.44. The summed E-state index contributed by atoms with van der Waals surface area (Å²) in [6, 6.07) is 39.3. The highest BCUT2D eigenvalue weighted by Crippen LogP contribution is 2.38. The second kappa shape index (κ2) is 9.92. The van der Waals surface area contributed by atoms with E-state index in [9.17, 15) is 0 Å². The Hall–Kier alpha value is -4.06. The van der Waals surface area contributed by atoms with Gasteiger partial charge in [-0.05, 0) is 56.4 Å². The Labute approximate surface area is 230 Å². The van der Waals surface area contributed by atoms with Crippen LogP contribution in [0.25, 0.3) is 45.0 Å². The van der Waals surface area contributed by atoms with Crippen molar-refractivity contribution in [2.24, 2.45) is 0 Å². The standard InChI is InChI=1S/C34H31BN2O2/c1-33(2)34(3,4)39-35(38-33)29-21-20-27(24-14-8-5-9-15-24)22-28(29)31-23-30(25-16-10-6-11-17-25)36-32(37-31)26-18-12-7-13-19-26/h5-23H,1-4H3. The lowest BCUT2D eigenvalue weighted by atomic mass is 9.74. The summed E-state index contributed by atoms with van der Waals surface area (Å²) in [6.07, 6.45) is 0. The average molecular weight is 510 g/mol. The lowest BCUT2D eigenvalue weighted by molar-refractivity contribution is 0.00578. The van der Waals surface area contributed by atoms with Gasteiger partial charge in [-0.25, -0.2) is 9.97 Å². The van der Waals surface area contributed by atoms with Crippen LogP contribution < -0.4 is 5.46 Å². The minimum atomic E-state index is -0.523. The van der Waals surface area contributed by atoms with E-state index in [0.717, 1.165) is 44.7 Å². The van der Waals surface area contributed by atoms with Crippen molar-refractivity contribution in [3.8, 4) is 45.0 Å². The normalized spacial score (nSPS) is 15.8. The van der Waals surface area contributed by atoms with E-state index in [1.165, 1.54) is 0 Å². The van der Waals surface area contributed by atoms with E-state index in [0.29, 0.717) is 5.82 Å². The highest BCUT2D eigenvalue weighted by atomic mass is 16.7. The van der Waals surface area contributed by atoms with Gasteiger partial charge in [0, 0.05) is 16.7 Å². The van der Waals surface area contributed by atoms with E-state index in [-0.39, 0.29) is 0 Å². The molecule has 1 saturated heterocycles. The second-order valence-corrected chi connectivity index (χ2v) is 11.0. The zero-order valence-corrected chi connectivity index (χ0v) is 22.8. The van der Waals surface area contributed by atoms with E-state index < -0.39 is 18.3 Å². The van der Waals surface area contributed by atoms with E-state index in [1.807, 2.05) is 54.6 Å². The van der Waals surface area contributed by atoms with E-state index in [2.05, 4.69) is 88.4 Å². The van der Waals surface area contributed by atoms with Crippen LogP contribution in [-0.4, -0.2) is 28.3 Å². The van der Waals surface area contributed by atoms with Crippen molar-refractivity contribution in [3.63, 3.8) is 0 Å². The molecule has 39 heavy (non-hydrogen) atoms. The topological polar surface area (TPSA) is 44.2 Å². The molecule has 192 valence electrons. The zero-order chi connectivity index (χ0) is 27.0. The Balaban J connectivity index is 1.58. The summed E-state index contributed by atoms with van der Waals surface area (Å²) in [5, 5.41) is 0. The number of nitrogens with zero attached hydrogens (tertiary/aromatic N) is 2. The van der Waals surface area contributed by atoms with Crippen LogP contribution in [0.5, 0.6) is 0 Å². The Kier molecular flexibility index (Phi) is 6.42. The van der Waals surface area contributed by atoms with Crippen LogP contribution in [0.15, 0.2) is 115 Å². The fourth-order valence-electron chi connectivity index (χ4n) is 4.82. The Bertz CT molecular complexity index is 1530. The molecule has 1 aromatic heterocycles. The fraction of sp³-hybridized carbons (Fsp3) is 0.176. The van der Waals surface area contributed by atoms with Gasteiger partial charge in [-0.1, -0.05) is 103 Å². The molecule has 4 aromatic carbocycles. The van der Waals surface area contributed by atoms with Gasteiger partial charge in [0.2, 0.25) is 0 Å². The molecule has 0 saturated carbocycles. The highest BCUT2D eigenvalue weighted by molar-refractivity contribution is 6.64. The van der Waals surface area contributed by atoms with Gasteiger partial charge in [0.1, 0.15) is 0 Å². The minimum Gasteiger partial charge on any atom is -0.399 e. The third-order valence-corrected chi connectivity index (χ3v) is 7.77. The summed E-state index contributed by atoms with van der Waals surface area (Å²) in [5.41, 5.74) is 6.94. The number of rotatable bonds is 5. The summed E-state index contributed by atoms with van der Waals surface area (Å²) in [5.74, 6) is 0.678. The molecule has 0 radical (unpaired) electrons. The molecule has 0 bridgehead atoms. The number of hydrogen-bond donors (Lipinski definition) is 0. The molecular formula is C34H31BN2O2. The molecule has 0 amide bonds. The lowest BCUT2D eigenvalue weighted by Gasteiger charge is -2.32.